The first-order chi connectivity index (χ1) is 9.06. The van der Waals surface area contributed by atoms with Gasteiger partial charge in [0.25, 0.3) is 0 Å². The lowest BCUT2D eigenvalue weighted by Gasteiger charge is -2.29. The van der Waals surface area contributed by atoms with Crippen molar-refractivity contribution in [3.05, 3.63) is 23.8 Å². The summed E-state index contributed by atoms with van der Waals surface area (Å²) < 4.78 is 0. The second-order valence-electron chi connectivity index (χ2n) is 5.19. The summed E-state index contributed by atoms with van der Waals surface area (Å²) in [5, 5.41) is 7.89. The third-order valence-corrected chi connectivity index (χ3v) is 4.81. The molecule has 0 bridgehead atoms. The molecule has 1 aliphatic carbocycles. The van der Waals surface area contributed by atoms with Gasteiger partial charge in [0.05, 0.1) is 5.56 Å². The summed E-state index contributed by atoms with van der Waals surface area (Å²) in [6.45, 7) is 4.39. The molecule has 4 heteroatoms. The van der Waals surface area contributed by atoms with Crippen LogP contribution in [0.4, 0.5) is 5.69 Å². The molecule has 0 saturated heterocycles. The highest BCUT2D eigenvalue weighted by molar-refractivity contribution is 7.99. The number of nitrogens with two attached hydrogens (primary N) is 1. The molecular weight excluding hydrogens is 254 g/mol. The molecule has 1 aliphatic rings. The largest absolute Gasteiger partial charge is 0.384 e. The van der Waals surface area contributed by atoms with Gasteiger partial charge in [-0.3, -0.25) is 5.41 Å². The van der Waals surface area contributed by atoms with E-state index in [1.54, 1.807) is 11.8 Å². The lowest BCUT2D eigenvalue weighted by molar-refractivity contribution is 0.608. The maximum atomic E-state index is 7.89. The Balaban J connectivity index is 2.37. The lowest BCUT2D eigenvalue weighted by Crippen LogP contribution is -2.32. The van der Waals surface area contributed by atoms with Crippen LogP contribution < -0.4 is 10.6 Å². The van der Waals surface area contributed by atoms with E-state index in [9.17, 15) is 0 Å². The Kier molecular flexibility index (Phi) is 4.40. The minimum atomic E-state index is 0.168. The van der Waals surface area contributed by atoms with Crippen molar-refractivity contribution in [2.45, 2.75) is 37.6 Å². The molecule has 1 atom stereocenters. The number of benzene rings is 1. The first kappa shape index (κ1) is 14.3. The van der Waals surface area contributed by atoms with E-state index in [1.807, 2.05) is 0 Å². The van der Waals surface area contributed by atoms with Crippen molar-refractivity contribution in [1.82, 2.24) is 0 Å². The summed E-state index contributed by atoms with van der Waals surface area (Å²) in [6.07, 6.45) is 2.65. The van der Waals surface area contributed by atoms with E-state index in [0.717, 1.165) is 27.8 Å². The minimum Gasteiger partial charge on any atom is -0.384 e. The zero-order chi connectivity index (χ0) is 14.0. The van der Waals surface area contributed by atoms with Gasteiger partial charge in [-0.05, 0) is 43.6 Å². The molecule has 3 nitrogen and oxygen atoms in total. The topological polar surface area (TPSA) is 53.1 Å². The van der Waals surface area contributed by atoms with Gasteiger partial charge in [0.15, 0.2) is 0 Å². The van der Waals surface area contributed by atoms with E-state index in [1.165, 1.54) is 12.8 Å². The van der Waals surface area contributed by atoms with Crippen molar-refractivity contribution in [2.75, 3.05) is 17.7 Å². The molecular formula is C15H23N3S. The van der Waals surface area contributed by atoms with Gasteiger partial charge in [-0.25, -0.2) is 0 Å². The number of hydrogen-bond donors (Lipinski definition) is 2. The van der Waals surface area contributed by atoms with Crippen LogP contribution in [0.3, 0.4) is 0 Å². The molecule has 3 N–H and O–H groups in total. The molecule has 104 valence electrons. The van der Waals surface area contributed by atoms with Crippen LogP contribution in [-0.2, 0) is 0 Å². The van der Waals surface area contributed by atoms with E-state index in [-0.39, 0.29) is 5.84 Å². The Morgan fingerprint density at radius 2 is 2.21 bits per heavy atom. The number of anilines is 1. The van der Waals surface area contributed by atoms with E-state index in [0.29, 0.717) is 6.04 Å². The second-order valence-corrected chi connectivity index (χ2v) is 6.49. The molecule has 1 aromatic carbocycles. The van der Waals surface area contributed by atoms with Gasteiger partial charge in [0.1, 0.15) is 5.84 Å². The zero-order valence-corrected chi connectivity index (χ0v) is 12.8. The van der Waals surface area contributed by atoms with E-state index in [4.69, 9.17) is 11.1 Å². The molecule has 1 fully saturated rings. The fourth-order valence-electron chi connectivity index (χ4n) is 2.47. The van der Waals surface area contributed by atoms with Crippen molar-refractivity contribution < 1.29 is 0 Å². The Morgan fingerprint density at radius 3 is 2.74 bits per heavy atom. The number of rotatable bonds is 6. The van der Waals surface area contributed by atoms with Crippen LogP contribution in [0.25, 0.3) is 0 Å². The normalized spacial score (nSPS) is 16.2. The third kappa shape index (κ3) is 3.06. The van der Waals surface area contributed by atoms with Crippen LogP contribution in [0.5, 0.6) is 0 Å². The Labute approximate surface area is 120 Å². The summed E-state index contributed by atoms with van der Waals surface area (Å²) >= 11 is 1.75. The maximum Gasteiger partial charge on any atom is 0.126 e. The highest BCUT2D eigenvalue weighted by Crippen LogP contribution is 2.38. The van der Waals surface area contributed by atoms with Gasteiger partial charge in [0.2, 0.25) is 0 Å². The Hall–Kier alpha value is -1.16. The van der Waals surface area contributed by atoms with E-state index >= 15 is 0 Å². The van der Waals surface area contributed by atoms with Crippen molar-refractivity contribution in [3.63, 3.8) is 0 Å². The number of nitrogens with zero attached hydrogens (tertiary/aromatic N) is 1. The monoisotopic (exact) mass is 277 g/mol. The molecule has 1 unspecified atom stereocenters. The number of amidine groups is 1. The average Bonchev–Trinajstić information content (AvgIpc) is 3.21. The van der Waals surface area contributed by atoms with Crippen LogP contribution in [0, 0.1) is 11.3 Å². The summed E-state index contributed by atoms with van der Waals surface area (Å²) in [6, 6.07) is 6.72. The molecule has 0 amide bonds. The molecule has 0 aromatic heterocycles. The van der Waals surface area contributed by atoms with Crippen molar-refractivity contribution in [2.24, 2.45) is 11.7 Å². The number of hydrogen-bond acceptors (Lipinski definition) is 3. The smallest absolute Gasteiger partial charge is 0.126 e. The Bertz CT molecular complexity index is 468. The van der Waals surface area contributed by atoms with Crippen molar-refractivity contribution >= 4 is 23.3 Å². The van der Waals surface area contributed by atoms with Gasteiger partial charge in [-0.1, -0.05) is 13.0 Å². The molecule has 2 rings (SSSR count). The van der Waals surface area contributed by atoms with Gasteiger partial charge in [-0.2, -0.15) is 0 Å². The second kappa shape index (κ2) is 5.87. The quantitative estimate of drug-likeness (QED) is 0.476. The fraction of sp³-hybridized carbons (Fsp3) is 0.533. The lowest BCUT2D eigenvalue weighted by atomic mass is 10.1. The van der Waals surface area contributed by atoms with Crippen LogP contribution in [-0.4, -0.2) is 24.7 Å². The highest BCUT2D eigenvalue weighted by Gasteiger charge is 2.31. The summed E-state index contributed by atoms with van der Waals surface area (Å²) in [5.41, 5.74) is 7.80. The third-order valence-electron chi connectivity index (χ3n) is 3.87. The number of nitrogen functional groups attached to an aromatic ring is 1. The molecule has 0 heterocycles. The molecule has 1 saturated carbocycles. The molecule has 0 spiro atoms. The fourth-order valence-corrected chi connectivity index (χ4v) is 3.32. The maximum absolute atomic E-state index is 7.89. The minimum absolute atomic E-state index is 0.168. The van der Waals surface area contributed by atoms with Crippen LogP contribution >= 0.6 is 11.8 Å². The molecule has 19 heavy (non-hydrogen) atoms. The average molecular weight is 277 g/mol. The van der Waals surface area contributed by atoms with Crippen LogP contribution in [0.2, 0.25) is 0 Å². The number of nitrogens with one attached hydrogen (secondary N) is 1. The van der Waals surface area contributed by atoms with Gasteiger partial charge in [0, 0.05) is 23.7 Å². The number of thioether (sulfide) groups is 1. The molecule has 0 radical (unpaired) electrons. The van der Waals surface area contributed by atoms with Gasteiger partial charge in [-0.15, -0.1) is 11.8 Å². The summed E-state index contributed by atoms with van der Waals surface area (Å²) in [5.74, 6) is 1.96. The summed E-state index contributed by atoms with van der Waals surface area (Å²) in [7, 11) is 2.12. The standard InChI is InChI=1S/C15H23N3S/c1-4-19-13-7-5-6-12(14(13)15(16)17)18(3)10(2)11-8-9-11/h5-7,10-11H,4,8-9H2,1-3H3,(H3,16,17). The van der Waals surface area contributed by atoms with Crippen molar-refractivity contribution in [1.29, 1.82) is 5.41 Å². The van der Waals surface area contributed by atoms with Crippen molar-refractivity contribution in [3.8, 4) is 0 Å². The predicted molar refractivity (Wildman–Crippen MR) is 84.4 cm³/mol. The van der Waals surface area contributed by atoms with E-state index in [2.05, 4.69) is 44.0 Å². The molecule has 1 aromatic rings. The van der Waals surface area contributed by atoms with Gasteiger partial charge >= 0.3 is 0 Å². The first-order valence-corrected chi connectivity index (χ1v) is 7.87. The summed E-state index contributed by atoms with van der Waals surface area (Å²) in [4.78, 5) is 3.40. The van der Waals surface area contributed by atoms with Crippen LogP contribution in [0.15, 0.2) is 23.1 Å². The highest BCUT2D eigenvalue weighted by atomic mass is 32.2. The SMILES string of the molecule is CCSc1cccc(N(C)C(C)C2CC2)c1C(=N)N. The first-order valence-electron chi connectivity index (χ1n) is 6.89. The van der Waals surface area contributed by atoms with Crippen LogP contribution in [0.1, 0.15) is 32.3 Å². The Morgan fingerprint density at radius 1 is 1.53 bits per heavy atom. The predicted octanol–water partition coefficient (Wildman–Crippen LogP) is 3.32. The van der Waals surface area contributed by atoms with E-state index < -0.39 is 0 Å². The zero-order valence-electron chi connectivity index (χ0n) is 11.9. The van der Waals surface area contributed by atoms with Gasteiger partial charge < -0.3 is 10.6 Å². The molecule has 0 aliphatic heterocycles.